The maximum Gasteiger partial charge on any atom is 0.322 e. The number of rotatable bonds is 5. The molecular formula is C19H19N3O4. The zero-order valence-corrected chi connectivity index (χ0v) is 14.5. The van der Waals surface area contributed by atoms with Crippen LogP contribution in [0.25, 0.3) is 0 Å². The number of hydrogen-bond acceptors (Lipinski definition) is 4. The van der Waals surface area contributed by atoms with Crippen LogP contribution in [0.2, 0.25) is 0 Å². The molecule has 1 saturated heterocycles. The van der Waals surface area contributed by atoms with E-state index in [0.717, 1.165) is 5.56 Å². The first kappa shape index (κ1) is 17.5. The first-order valence-corrected chi connectivity index (χ1v) is 8.10. The summed E-state index contributed by atoms with van der Waals surface area (Å²) in [5.41, 5.74) is 1.01. The molecule has 2 aromatic carbocycles. The molecule has 1 aliphatic heterocycles. The van der Waals surface area contributed by atoms with Gasteiger partial charge in [-0.3, -0.25) is 14.9 Å². The maximum atomic E-state index is 12.1. The van der Waals surface area contributed by atoms with E-state index in [1.54, 1.807) is 43.3 Å². The Morgan fingerprint density at radius 2 is 1.88 bits per heavy atom. The molecule has 7 nitrogen and oxygen atoms in total. The highest BCUT2D eigenvalue weighted by molar-refractivity contribution is 6.07. The van der Waals surface area contributed by atoms with E-state index < -0.39 is 17.5 Å². The summed E-state index contributed by atoms with van der Waals surface area (Å²) < 4.78 is 5.44. The predicted octanol–water partition coefficient (Wildman–Crippen LogP) is 2.07. The summed E-state index contributed by atoms with van der Waals surface area (Å²) in [4.78, 5) is 35.5. The monoisotopic (exact) mass is 353 g/mol. The summed E-state index contributed by atoms with van der Waals surface area (Å²) in [6.45, 7) is 3.44. The van der Waals surface area contributed by atoms with Crippen molar-refractivity contribution in [2.75, 3.05) is 11.9 Å². The van der Waals surface area contributed by atoms with Crippen LogP contribution in [0.5, 0.6) is 5.75 Å². The molecule has 0 aliphatic carbocycles. The van der Waals surface area contributed by atoms with Crippen LogP contribution < -0.4 is 20.7 Å². The highest BCUT2D eigenvalue weighted by atomic mass is 16.5. The van der Waals surface area contributed by atoms with Gasteiger partial charge in [-0.05, 0) is 43.7 Å². The lowest BCUT2D eigenvalue weighted by Crippen LogP contribution is -2.40. The lowest BCUT2D eigenvalue weighted by Gasteiger charge is -2.21. The van der Waals surface area contributed by atoms with Crippen LogP contribution in [0.1, 0.15) is 18.1 Å². The smallest absolute Gasteiger partial charge is 0.322 e. The molecule has 0 radical (unpaired) electrons. The molecule has 0 unspecified atom stereocenters. The summed E-state index contributed by atoms with van der Waals surface area (Å²) in [5.74, 6) is -0.154. The highest BCUT2D eigenvalue weighted by Crippen LogP contribution is 2.26. The molecule has 0 spiro atoms. The fraction of sp³-hybridized carbons (Fsp3) is 0.211. The Kier molecular flexibility index (Phi) is 4.62. The number of ether oxygens (including phenoxy) is 1. The van der Waals surface area contributed by atoms with Gasteiger partial charge in [0, 0.05) is 5.69 Å². The van der Waals surface area contributed by atoms with Crippen LogP contribution >= 0.6 is 0 Å². The summed E-state index contributed by atoms with van der Waals surface area (Å²) in [6.07, 6.45) is 0. The Hall–Kier alpha value is -3.35. The number of carbonyl (C=O) groups excluding carboxylic acids is 3. The van der Waals surface area contributed by atoms with Gasteiger partial charge in [0.2, 0.25) is 0 Å². The van der Waals surface area contributed by atoms with Gasteiger partial charge in [-0.1, -0.05) is 29.8 Å². The minimum absolute atomic E-state index is 0.137. The van der Waals surface area contributed by atoms with Crippen LogP contribution in [-0.2, 0) is 15.1 Å². The van der Waals surface area contributed by atoms with Crippen molar-refractivity contribution in [3.05, 3.63) is 59.7 Å². The molecule has 4 amide bonds. The van der Waals surface area contributed by atoms with Crippen molar-refractivity contribution in [3.63, 3.8) is 0 Å². The maximum absolute atomic E-state index is 12.1. The van der Waals surface area contributed by atoms with E-state index in [1.165, 1.54) is 0 Å². The summed E-state index contributed by atoms with van der Waals surface area (Å²) >= 11 is 0. The van der Waals surface area contributed by atoms with Gasteiger partial charge in [0.15, 0.2) is 6.61 Å². The molecule has 1 atom stereocenters. The quantitative estimate of drug-likeness (QED) is 0.717. The van der Waals surface area contributed by atoms with Crippen molar-refractivity contribution in [2.45, 2.75) is 19.4 Å². The number of amides is 4. The number of carbonyl (C=O) groups is 3. The molecule has 1 fully saturated rings. The molecule has 1 aliphatic rings. The Balaban J connectivity index is 1.65. The molecule has 0 aromatic heterocycles. The standard InChI is InChI=1S/C19H19N3O4/c1-12-6-8-15(9-7-12)26-11-16(23)20-14-5-3-4-13(10-14)19(2)17(24)21-18(25)22-19/h3-10H,11H2,1-2H3,(H,20,23)(H2,21,22,24,25)/t19-/m0/s1. The second-order valence-electron chi connectivity index (χ2n) is 6.26. The lowest BCUT2D eigenvalue weighted by atomic mass is 9.92. The van der Waals surface area contributed by atoms with Gasteiger partial charge in [-0.2, -0.15) is 0 Å². The summed E-state index contributed by atoms with van der Waals surface area (Å²) in [6, 6.07) is 13.6. The molecule has 7 heteroatoms. The minimum atomic E-state index is -1.17. The molecule has 3 rings (SSSR count). The van der Waals surface area contributed by atoms with E-state index >= 15 is 0 Å². The van der Waals surface area contributed by atoms with Gasteiger partial charge < -0.3 is 15.4 Å². The number of benzene rings is 2. The van der Waals surface area contributed by atoms with E-state index in [-0.39, 0.29) is 12.5 Å². The number of hydrogen-bond donors (Lipinski definition) is 3. The highest BCUT2D eigenvalue weighted by Gasteiger charge is 2.43. The minimum Gasteiger partial charge on any atom is -0.484 e. The number of nitrogens with one attached hydrogen (secondary N) is 3. The fourth-order valence-electron chi connectivity index (χ4n) is 2.63. The molecule has 0 bridgehead atoms. The van der Waals surface area contributed by atoms with Crippen LogP contribution in [0.3, 0.4) is 0 Å². The summed E-state index contributed by atoms with van der Waals surface area (Å²) in [5, 5.41) is 7.53. The Labute approximate surface area is 150 Å². The first-order chi connectivity index (χ1) is 12.4. The molecule has 26 heavy (non-hydrogen) atoms. The molecule has 2 aromatic rings. The van der Waals surface area contributed by atoms with E-state index in [4.69, 9.17) is 4.74 Å². The number of anilines is 1. The largest absolute Gasteiger partial charge is 0.484 e. The van der Waals surface area contributed by atoms with Gasteiger partial charge >= 0.3 is 6.03 Å². The molecule has 3 N–H and O–H groups in total. The van der Waals surface area contributed by atoms with Gasteiger partial charge in [0.1, 0.15) is 11.3 Å². The summed E-state index contributed by atoms with van der Waals surface area (Å²) in [7, 11) is 0. The molecule has 1 heterocycles. The van der Waals surface area contributed by atoms with E-state index in [2.05, 4.69) is 16.0 Å². The van der Waals surface area contributed by atoms with Crippen LogP contribution in [-0.4, -0.2) is 24.5 Å². The van der Waals surface area contributed by atoms with Crippen molar-refractivity contribution in [2.24, 2.45) is 0 Å². The third-order valence-electron chi connectivity index (χ3n) is 4.16. The number of aryl methyl sites for hydroxylation is 1. The van der Waals surface area contributed by atoms with E-state index in [0.29, 0.717) is 17.0 Å². The van der Waals surface area contributed by atoms with Gasteiger partial charge in [0.05, 0.1) is 0 Å². The number of imide groups is 1. The fourth-order valence-corrected chi connectivity index (χ4v) is 2.63. The molecule has 134 valence electrons. The third kappa shape index (κ3) is 3.66. The van der Waals surface area contributed by atoms with Crippen LogP contribution in [0.4, 0.5) is 10.5 Å². The molecular weight excluding hydrogens is 334 g/mol. The second-order valence-corrected chi connectivity index (χ2v) is 6.26. The Morgan fingerprint density at radius 1 is 1.15 bits per heavy atom. The first-order valence-electron chi connectivity index (χ1n) is 8.10. The zero-order chi connectivity index (χ0) is 18.7. The van der Waals surface area contributed by atoms with Crippen LogP contribution in [0, 0.1) is 6.92 Å². The van der Waals surface area contributed by atoms with Crippen LogP contribution in [0.15, 0.2) is 48.5 Å². The van der Waals surface area contributed by atoms with E-state index in [1.807, 2.05) is 19.1 Å². The zero-order valence-electron chi connectivity index (χ0n) is 14.5. The average Bonchev–Trinajstić information content (AvgIpc) is 2.88. The van der Waals surface area contributed by atoms with Gasteiger partial charge in [-0.15, -0.1) is 0 Å². The average molecular weight is 353 g/mol. The van der Waals surface area contributed by atoms with Gasteiger partial charge in [-0.25, -0.2) is 4.79 Å². The molecule has 0 saturated carbocycles. The topological polar surface area (TPSA) is 96.5 Å². The Bertz CT molecular complexity index is 863. The predicted molar refractivity (Wildman–Crippen MR) is 95.8 cm³/mol. The van der Waals surface area contributed by atoms with Crippen molar-refractivity contribution in [3.8, 4) is 5.75 Å². The SMILES string of the molecule is Cc1ccc(OCC(=O)Nc2cccc([C@]3(C)NC(=O)NC3=O)c2)cc1. The number of urea groups is 1. The van der Waals surface area contributed by atoms with Crippen molar-refractivity contribution in [1.29, 1.82) is 0 Å². The van der Waals surface area contributed by atoms with Crippen molar-refractivity contribution in [1.82, 2.24) is 10.6 Å². The van der Waals surface area contributed by atoms with Crippen molar-refractivity contribution < 1.29 is 19.1 Å². The van der Waals surface area contributed by atoms with Gasteiger partial charge in [0.25, 0.3) is 11.8 Å². The van der Waals surface area contributed by atoms with E-state index in [9.17, 15) is 14.4 Å². The second kappa shape index (κ2) is 6.87. The normalized spacial score (nSPS) is 18.8. The van der Waals surface area contributed by atoms with Crippen molar-refractivity contribution >= 4 is 23.5 Å². The third-order valence-corrected chi connectivity index (χ3v) is 4.16. The Morgan fingerprint density at radius 3 is 2.54 bits per heavy atom. The lowest BCUT2D eigenvalue weighted by molar-refractivity contribution is -0.123.